The SMILES string of the molecule is CCc1c[nH]c2ccc(NS(=O)(=O)c3cc(Cl)cc(Cl)c3)cc12. The Bertz CT molecular complexity index is 961. The molecule has 0 spiro atoms. The Morgan fingerprint density at radius 1 is 1.09 bits per heavy atom. The first-order chi connectivity index (χ1) is 10.9. The van der Waals surface area contributed by atoms with E-state index in [0.29, 0.717) is 5.69 Å². The van der Waals surface area contributed by atoms with Crippen LogP contribution in [0.25, 0.3) is 10.9 Å². The molecule has 2 N–H and O–H groups in total. The number of aromatic amines is 1. The van der Waals surface area contributed by atoms with Crippen LogP contribution in [0.4, 0.5) is 5.69 Å². The molecule has 1 aromatic heterocycles. The van der Waals surface area contributed by atoms with E-state index in [1.165, 1.54) is 18.2 Å². The van der Waals surface area contributed by atoms with Crippen LogP contribution in [0, 0.1) is 0 Å². The second kappa shape index (κ2) is 6.07. The fourth-order valence-corrected chi connectivity index (χ4v) is 4.21. The highest BCUT2D eigenvalue weighted by Gasteiger charge is 2.16. The average molecular weight is 369 g/mol. The lowest BCUT2D eigenvalue weighted by Crippen LogP contribution is -2.12. The third-order valence-electron chi connectivity index (χ3n) is 3.55. The van der Waals surface area contributed by atoms with Gasteiger partial charge in [-0.25, -0.2) is 8.42 Å². The molecule has 0 aliphatic rings. The van der Waals surface area contributed by atoms with Crippen molar-refractivity contribution in [2.45, 2.75) is 18.2 Å². The van der Waals surface area contributed by atoms with E-state index in [9.17, 15) is 8.42 Å². The molecule has 120 valence electrons. The van der Waals surface area contributed by atoms with Gasteiger partial charge in [0.1, 0.15) is 0 Å². The monoisotopic (exact) mass is 368 g/mol. The molecule has 0 unspecified atom stereocenters. The highest BCUT2D eigenvalue weighted by molar-refractivity contribution is 7.92. The summed E-state index contributed by atoms with van der Waals surface area (Å²) in [5, 5.41) is 1.54. The number of hydrogen-bond acceptors (Lipinski definition) is 2. The molecule has 7 heteroatoms. The number of hydrogen-bond donors (Lipinski definition) is 2. The largest absolute Gasteiger partial charge is 0.361 e. The summed E-state index contributed by atoms with van der Waals surface area (Å²) in [5.41, 5.74) is 2.59. The van der Waals surface area contributed by atoms with Crippen LogP contribution in [0.1, 0.15) is 12.5 Å². The van der Waals surface area contributed by atoms with Gasteiger partial charge in [-0.3, -0.25) is 4.72 Å². The van der Waals surface area contributed by atoms with Gasteiger partial charge in [0, 0.05) is 32.8 Å². The molecule has 0 atom stereocenters. The Morgan fingerprint density at radius 3 is 2.43 bits per heavy atom. The molecular formula is C16H14Cl2N2O2S. The fourth-order valence-electron chi connectivity index (χ4n) is 2.43. The normalized spacial score (nSPS) is 11.8. The van der Waals surface area contributed by atoms with Crippen LogP contribution in [0.15, 0.2) is 47.5 Å². The lowest BCUT2D eigenvalue weighted by molar-refractivity contribution is 0.601. The topological polar surface area (TPSA) is 62.0 Å². The van der Waals surface area contributed by atoms with E-state index in [-0.39, 0.29) is 14.9 Å². The minimum atomic E-state index is -3.76. The van der Waals surface area contributed by atoms with Crippen LogP contribution in [0.3, 0.4) is 0 Å². The van der Waals surface area contributed by atoms with Gasteiger partial charge in [-0.1, -0.05) is 30.1 Å². The summed E-state index contributed by atoms with van der Waals surface area (Å²) in [5.74, 6) is 0. The summed E-state index contributed by atoms with van der Waals surface area (Å²) in [6.45, 7) is 2.05. The lowest BCUT2D eigenvalue weighted by atomic mass is 10.1. The summed E-state index contributed by atoms with van der Waals surface area (Å²) in [4.78, 5) is 3.19. The quantitative estimate of drug-likeness (QED) is 0.691. The molecule has 0 amide bonds. The van der Waals surface area contributed by atoms with E-state index in [1.54, 1.807) is 6.07 Å². The number of aryl methyl sites for hydroxylation is 1. The molecule has 0 aliphatic heterocycles. The average Bonchev–Trinajstić information content (AvgIpc) is 2.88. The van der Waals surface area contributed by atoms with E-state index >= 15 is 0 Å². The van der Waals surface area contributed by atoms with Crippen molar-refractivity contribution in [3.05, 3.63) is 58.2 Å². The first kappa shape index (κ1) is 16.2. The van der Waals surface area contributed by atoms with E-state index in [2.05, 4.69) is 9.71 Å². The zero-order chi connectivity index (χ0) is 16.6. The molecule has 2 aromatic carbocycles. The maximum Gasteiger partial charge on any atom is 0.261 e. The Hall–Kier alpha value is -1.69. The molecule has 3 aromatic rings. The second-order valence-electron chi connectivity index (χ2n) is 5.14. The van der Waals surface area contributed by atoms with Crippen molar-refractivity contribution in [1.29, 1.82) is 0 Å². The first-order valence-electron chi connectivity index (χ1n) is 6.98. The molecule has 1 heterocycles. The maximum absolute atomic E-state index is 12.5. The predicted octanol–water partition coefficient (Wildman–Crippen LogP) is 4.84. The number of anilines is 1. The highest BCUT2D eigenvalue weighted by atomic mass is 35.5. The first-order valence-corrected chi connectivity index (χ1v) is 9.22. The van der Waals surface area contributed by atoms with Crippen LogP contribution in [-0.4, -0.2) is 13.4 Å². The molecule has 0 saturated heterocycles. The minimum Gasteiger partial charge on any atom is -0.361 e. The van der Waals surface area contributed by atoms with Crippen molar-refractivity contribution >= 4 is 49.8 Å². The van der Waals surface area contributed by atoms with Crippen LogP contribution >= 0.6 is 23.2 Å². The van der Waals surface area contributed by atoms with Gasteiger partial charge >= 0.3 is 0 Å². The molecule has 0 fully saturated rings. The predicted molar refractivity (Wildman–Crippen MR) is 94.9 cm³/mol. The van der Waals surface area contributed by atoms with Gasteiger partial charge < -0.3 is 4.98 Å². The van der Waals surface area contributed by atoms with Crippen LogP contribution in [0.2, 0.25) is 10.0 Å². The van der Waals surface area contributed by atoms with Gasteiger partial charge in [0.2, 0.25) is 0 Å². The summed E-state index contributed by atoms with van der Waals surface area (Å²) in [6, 6.07) is 9.58. The fraction of sp³-hybridized carbons (Fsp3) is 0.125. The van der Waals surface area contributed by atoms with Crippen LogP contribution in [-0.2, 0) is 16.4 Å². The maximum atomic E-state index is 12.5. The summed E-state index contributed by atoms with van der Waals surface area (Å²) >= 11 is 11.8. The molecule has 4 nitrogen and oxygen atoms in total. The Morgan fingerprint density at radius 2 is 1.78 bits per heavy atom. The standard InChI is InChI=1S/C16H14Cl2N2O2S/c1-2-10-9-19-16-4-3-13(8-15(10)16)20-23(21,22)14-6-11(17)5-12(18)7-14/h3-9,19-20H,2H2,1H3. The number of benzene rings is 2. The van der Waals surface area contributed by atoms with E-state index in [4.69, 9.17) is 23.2 Å². The van der Waals surface area contributed by atoms with E-state index < -0.39 is 10.0 Å². The molecule has 0 saturated carbocycles. The number of H-pyrrole nitrogens is 1. The van der Waals surface area contributed by atoms with Crippen molar-refractivity contribution < 1.29 is 8.42 Å². The number of rotatable bonds is 4. The Labute approximate surface area is 144 Å². The number of aromatic nitrogens is 1. The second-order valence-corrected chi connectivity index (χ2v) is 7.69. The van der Waals surface area contributed by atoms with Gasteiger partial charge in [-0.2, -0.15) is 0 Å². The third kappa shape index (κ3) is 3.32. The lowest BCUT2D eigenvalue weighted by Gasteiger charge is -2.09. The van der Waals surface area contributed by atoms with Gasteiger partial charge in [0.05, 0.1) is 4.90 Å². The van der Waals surface area contributed by atoms with Gasteiger partial charge in [0.15, 0.2) is 0 Å². The molecule has 0 radical (unpaired) electrons. The molecule has 0 bridgehead atoms. The van der Waals surface area contributed by atoms with Crippen molar-refractivity contribution in [1.82, 2.24) is 4.98 Å². The zero-order valence-corrected chi connectivity index (χ0v) is 14.6. The third-order valence-corrected chi connectivity index (χ3v) is 5.34. The summed E-state index contributed by atoms with van der Waals surface area (Å²) < 4.78 is 27.6. The summed E-state index contributed by atoms with van der Waals surface area (Å²) in [7, 11) is -3.76. The Kier molecular flexibility index (Phi) is 4.27. The van der Waals surface area contributed by atoms with Crippen LogP contribution < -0.4 is 4.72 Å². The van der Waals surface area contributed by atoms with Crippen molar-refractivity contribution in [2.75, 3.05) is 4.72 Å². The zero-order valence-electron chi connectivity index (χ0n) is 12.2. The number of nitrogens with one attached hydrogen (secondary N) is 2. The van der Waals surface area contributed by atoms with Gasteiger partial charge in [-0.05, 0) is 48.4 Å². The number of sulfonamides is 1. The van der Waals surface area contributed by atoms with Gasteiger partial charge in [-0.15, -0.1) is 0 Å². The van der Waals surface area contributed by atoms with Gasteiger partial charge in [0.25, 0.3) is 10.0 Å². The Balaban J connectivity index is 1.99. The van der Waals surface area contributed by atoms with Crippen LogP contribution in [0.5, 0.6) is 0 Å². The van der Waals surface area contributed by atoms with E-state index in [0.717, 1.165) is 22.9 Å². The molecule has 0 aliphatic carbocycles. The van der Waals surface area contributed by atoms with Crippen molar-refractivity contribution in [2.24, 2.45) is 0 Å². The molecule has 23 heavy (non-hydrogen) atoms. The van der Waals surface area contributed by atoms with Crippen molar-refractivity contribution in [3.8, 4) is 0 Å². The number of fused-ring (bicyclic) bond motifs is 1. The summed E-state index contributed by atoms with van der Waals surface area (Å²) in [6.07, 6.45) is 2.79. The minimum absolute atomic E-state index is 0.0277. The highest BCUT2D eigenvalue weighted by Crippen LogP contribution is 2.27. The molecule has 3 rings (SSSR count). The molecular weight excluding hydrogens is 355 g/mol. The number of halogens is 2. The van der Waals surface area contributed by atoms with Crippen molar-refractivity contribution in [3.63, 3.8) is 0 Å². The van der Waals surface area contributed by atoms with E-state index in [1.807, 2.05) is 25.3 Å². The smallest absolute Gasteiger partial charge is 0.261 e.